The van der Waals surface area contributed by atoms with E-state index in [1.165, 1.54) is 5.56 Å². The van der Waals surface area contributed by atoms with Gasteiger partial charge in [0, 0.05) is 16.5 Å². The molecule has 1 N–H and O–H groups in total. The van der Waals surface area contributed by atoms with Gasteiger partial charge in [-0.3, -0.25) is 4.79 Å². The lowest BCUT2D eigenvalue weighted by molar-refractivity contribution is 0.103. The van der Waals surface area contributed by atoms with E-state index in [1.807, 2.05) is 48.5 Å². The molecule has 0 saturated carbocycles. The molecule has 3 aromatic carbocycles. The highest BCUT2D eigenvalue weighted by molar-refractivity contribution is 6.13. The number of phenols is 1. The number of aromatic hydroxyl groups is 1. The average molecular weight is 274 g/mol. The number of ketones is 1. The van der Waals surface area contributed by atoms with E-state index < -0.39 is 0 Å². The summed E-state index contributed by atoms with van der Waals surface area (Å²) in [6.07, 6.45) is 1.80. The Morgan fingerprint density at radius 2 is 1.71 bits per heavy atom. The van der Waals surface area contributed by atoms with Crippen LogP contribution in [0.15, 0.2) is 54.6 Å². The molecule has 0 aliphatic heterocycles. The standard InChI is InChI=1S/C19H14O2/c20-17-11-7-12-6-8-14-15(9-10-16(17)18(12)14)19(21)13-4-2-1-3-5-13/h1-5,7,9-11,20H,6,8H2. The first kappa shape index (κ1) is 12.2. The Morgan fingerprint density at radius 1 is 0.905 bits per heavy atom. The van der Waals surface area contributed by atoms with Gasteiger partial charge >= 0.3 is 0 Å². The molecule has 102 valence electrons. The van der Waals surface area contributed by atoms with Crippen molar-refractivity contribution in [2.24, 2.45) is 0 Å². The molecule has 3 aromatic rings. The maximum atomic E-state index is 12.7. The second-order valence-electron chi connectivity index (χ2n) is 5.45. The number of phenolic OH excluding ortho intramolecular Hbond substituents is 1. The van der Waals surface area contributed by atoms with Gasteiger partial charge in [-0.05, 0) is 47.6 Å². The van der Waals surface area contributed by atoms with E-state index in [9.17, 15) is 9.90 Å². The van der Waals surface area contributed by atoms with Crippen molar-refractivity contribution in [2.75, 3.05) is 0 Å². The van der Waals surface area contributed by atoms with Gasteiger partial charge in [-0.2, -0.15) is 0 Å². The molecule has 1 aliphatic carbocycles. The Balaban J connectivity index is 1.96. The van der Waals surface area contributed by atoms with Crippen molar-refractivity contribution in [3.63, 3.8) is 0 Å². The first-order valence-corrected chi connectivity index (χ1v) is 7.12. The Kier molecular flexibility index (Phi) is 2.58. The minimum absolute atomic E-state index is 0.0590. The number of carbonyl (C=O) groups excluding carboxylic acids is 1. The number of hydrogen-bond acceptors (Lipinski definition) is 2. The lowest BCUT2D eigenvalue weighted by atomic mass is 9.94. The van der Waals surface area contributed by atoms with Gasteiger partial charge in [-0.25, -0.2) is 0 Å². The molecule has 0 bridgehead atoms. The smallest absolute Gasteiger partial charge is 0.193 e. The molecule has 2 heteroatoms. The van der Waals surface area contributed by atoms with Crippen LogP contribution in [0, 0.1) is 0 Å². The van der Waals surface area contributed by atoms with Crippen LogP contribution >= 0.6 is 0 Å². The van der Waals surface area contributed by atoms with Crippen LogP contribution in [-0.2, 0) is 12.8 Å². The summed E-state index contributed by atoms with van der Waals surface area (Å²) in [7, 11) is 0. The summed E-state index contributed by atoms with van der Waals surface area (Å²) in [6, 6.07) is 16.8. The first-order valence-electron chi connectivity index (χ1n) is 7.12. The van der Waals surface area contributed by atoms with E-state index in [1.54, 1.807) is 6.07 Å². The van der Waals surface area contributed by atoms with Crippen molar-refractivity contribution in [3.05, 3.63) is 76.9 Å². The summed E-state index contributed by atoms with van der Waals surface area (Å²) in [6.45, 7) is 0. The van der Waals surface area contributed by atoms with Crippen LogP contribution in [0.2, 0.25) is 0 Å². The van der Waals surface area contributed by atoms with Crippen LogP contribution in [0.1, 0.15) is 27.0 Å². The van der Waals surface area contributed by atoms with E-state index >= 15 is 0 Å². The normalized spacial score (nSPS) is 12.8. The number of benzene rings is 3. The fourth-order valence-corrected chi connectivity index (χ4v) is 3.27. The summed E-state index contributed by atoms with van der Waals surface area (Å²) in [5.74, 6) is 0.347. The molecule has 0 radical (unpaired) electrons. The van der Waals surface area contributed by atoms with Crippen LogP contribution in [-0.4, -0.2) is 10.9 Å². The molecule has 0 aromatic heterocycles. The number of aryl methyl sites for hydroxylation is 2. The highest BCUT2D eigenvalue weighted by atomic mass is 16.3. The molecule has 0 atom stereocenters. The van der Waals surface area contributed by atoms with E-state index in [2.05, 4.69) is 0 Å². The third-order valence-electron chi connectivity index (χ3n) is 4.28. The predicted octanol–water partition coefficient (Wildman–Crippen LogP) is 3.88. The summed E-state index contributed by atoms with van der Waals surface area (Å²) in [4.78, 5) is 12.7. The Labute approximate surface area is 122 Å². The van der Waals surface area contributed by atoms with Gasteiger partial charge < -0.3 is 5.11 Å². The van der Waals surface area contributed by atoms with Gasteiger partial charge in [-0.15, -0.1) is 0 Å². The van der Waals surface area contributed by atoms with E-state index in [0.29, 0.717) is 5.56 Å². The Bertz CT molecular complexity index is 864. The zero-order chi connectivity index (χ0) is 14.4. The van der Waals surface area contributed by atoms with Gasteiger partial charge in [0.25, 0.3) is 0 Å². The van der Waals surface area contributed by atoms with E-state index in [-0.39, 0.29) is 11.5 Å². The zero-order valence-corrected chi connectivity index (χ0v) is 11.5. The fraction of sp³-hybridized carbons (Fsp3) is 0.105. The van der Waals surface area contributed by atoms with Gasteiger partial charge in [0.1, 0.15) is 5.75 Å². The van der Waals surface area contributed by atoms with Gasteiger partial charge in [0.2, 0.25) is 0 Å². The third-order valence-corrected chi connectivity index (χ3v) is 4.28. The lowest BCUT2D eigenvalue weighted by Gasteiger charge is -2.09. The highest BCUT2D eigenvalue weighted by Crippen LogP contribution is 2.38. The van der Waals surface area contributed by atoms with E-state index in [0.717, 1.165) is 34.7 Å². The van der Waals surface area contributed by atoms with Crippen molar-refractivity contribution >= 4 is 16.6 Å². The van der Waals surface area contributed by atoms with Crippen molar-refractivity contribution in [3.8, 4) is 5.75 Å². The molecule has 0 unspecified atom stereocenters. The number of hydrogen-bond donors (Lipinski definition) is 1. The van der Waals surface area contributed by atoms with Gasteiger partial charge in [-0.1, -0.05) is 36.4 Å². The van der Waals surface area contributed by atoms with Crippen molar-refractivity contribution in [1.29, 1.82) is 0 Å². The van der Waals surface area contributed by atoms with Crippen LogP contribution in [0.3, 0.4) is 0 Å². The highest BCUT2D eigenvalue weighted by Gasteiger charge is 2.22. The predicted molar refractivity (Wildman–Crippen MR) is 82.9 cm³/mol. The Hall–Kier alpha value is -2.61. The fourth-order valence-electron chi connectivity index (χ4n) is 3.27. The molecule has 0 spiro atoms. The molecular weight excluding hydrogens is 260 g/mol. The maximum absolute atomic E-state index is 12.7. The van der Waals surface area contributed by atoms with Crippen molar-refractivity contribution in [1.82, 2.24) is 0 Å². The summed E-state index contributed by atoms with van der Waals surface area (Å²) >= 11 is 0. The van der Waals surface area contributed by atoms with Gasteiger partial charge in [0.15, 0.2) is 5.78 Å². The zero-order valence-electron chi connectivity index (χ0n) is 11.5. The quantitative estimate of drug-likeness (QED) is 0.720. The molecule has 0 saturated heterocycles. The van der Waals surface area contributed by atoms with Crippen LogP contribution in [0.5, 0.6) is 5.75 Å². The molecule has 1 aliphatic rings. The van der Waals surface area contributed by atoms with Crippen LogP contribution in [0.25, 0.3) is 10.8 Å². The summed E-state index contributed by atoms with van der Waals surface area (Å²) in [5.41, 5.74) is 3.77. The molecule has 0 amide bonds. The minimum atomic E-state index is 0.0590. The minimum Gasteiger partial charge on any atom is -0.507 e. The number of rotatable bonds is 2. The second kappa shape index (κ2) is 4.45. The van der Waals surface area contributed by atoms with Crippen molar-refractivity contribution < 1.29 is 9.90 Å². The largest absolute Gasteiger partial charge is 0.507 e. The van der Waals surface area contributed by atoms with E-state index in [4.69, 9.17) is 0 Å². The molecule has 0 heterocycles. The molecule has 21 heavy (non-hydrogen) atoms. The number of carbonyl (C=O) groups is 1. The lowest BCUT2D eigenvalue weighted by Crippen LogP contribution is -2.04. The topological polar surface area (TPSA) is 37.3 Å². The molecule has 4 rings (SSSR count). The van der Waals surface area contributed by atoms with Crippen molar-refractivity contribution in [2.45, 2.75) is 12.8 Å². The monoisotopic (exact) mass is 274 g/mol. The summed E-state index contributed by atoms with van der Waals surface area (Å²) < 4.78 is 0. The molecule has 0 fully saturated rings. The average Bonchev–Trinajstić information content (AvgIpc) is 2.96. The van der Waals surface area contributed by atoms with Crippen LogP contribution in [0.4, 0.5) is 0 Å². The third kappa shape index (κ3) is 1.76. The SMILES string of the molecule is O=C(c1ccccc1)c1ccc2c(O)ccc3c2c1CC3. The molecule has 2 nitrogen and oxygen atoms in total. The summed E-state index contributed by atoms with van der Waals surface area (Å²) in [5, 5.41) is 11.9. The second-order valence-corrected chi connectivity index (χ2v) is 5.45. The van der Waals surface area contributed by atoms with Crippen LogP contribution < -0.4 is 0 Å². The van der Waals surface area contributed by atoms with Gasteiger partial charge in [0.05, 0.1) is 0 Å². The first-order chi connectivity index (χ1) is 10.3. The Morgan fingerprint density at radius 3 is 2.52 bits per heavy atom. The maximum Gasteiger partial charge on any atom is 0.193 e. The molecular formula is C19H14O2.